The number of amides is 1. The molecule has 1 fully saturated rings. The number of benzene rings is 2. The number of hydrogen-bond acceptors (Lipinski definition) is 5. The van der Waals surface area contributed by atoms with Gasteiger partial charge in [0.05, 0.1) is 10.9 Å². The smallest absolute Gasteiger partial charge is 0.258 e. The van der Waals surface area contributed by atoms with Gasteiger partial charge in [0.1, 0.15) is 6.33 Å². The maximum atomic E-state index is 12.2. The van der Waals surface area contributed by atoms with E-state index in [-0.39, 0.29) is 12.5 Å². The van der Waals surface area contributed by atoms with Gasteiger partial charge in [-0.25, -0.2) is 9.97 Å². The number of carbonyl (C=O) groups excluding carboxylic acids is 1. The molecule has 0 unspecified atom stereocenters. The Balaban J connectivity index is 1.26. The number of para-hydroxylation sites is 2. The first-order chi connectivity index (χ1) is 13.3. The molecule has 0 bridgehead atoms. The highest BCUT2D eigenvalue weighted by atomic mass is 16.5. The third-order valence-corrected chi connectivity index (χ3v) is 4.84. The van der Waals surface area contributed by atoms with E-state index in [1.165, 1.54) is 12.0 Å². The number of aromatic nitrogens is 2. The number of nitrogens with zero attached hydrogens (tertiary/aromatic N) is 3. The van der Waals surface area contributed by atoms with E-state index in [1.807, 2.05) is 30.3 Å². The first-order valence-corrected chi connectivity index (χ1v) is 9.19. The predicted octanol–water partition coefficient (Wildman–Crippen LogP) is 2.65. The van der Waals surface area contributed by atoms with Gasteiger partial charge in [-0.05, 0) is 36.6 Å². The standard InChI is InChI=1S/C21H22N4O2/c26-20(14-27-21-18-8-4-5-9-19(18)23-15-24-21)22-12-16-10-11-25(13-16)17-6-2-1-3-7-17/h1-9,15-16H,10-14H2,(H,22,26)/t16-/m0/s1. The molecule has 1 atom stereocenters. The molecule has 1 saturated heterocycles. The van der Waals surface area contributed by atoms with Gasteiger partial charge in [-0.1, -0.05) is 30.3 Å². The molecule has 6 nitrogen and oxygen atoms in total. The van der Waals surface area contributed by atoms with Crippen LogP contribution in [0.15, 0.2) is 60.9 Å². The lowest BCUT2D eigenvalue weighted by atomic mass is 10.1. The van der Waals surface area contributed by atoms with E-state index in [1.54, 1.807) is 0 Å². The maximum Gasteiger partial charge on any atom is 0.258 e. The molecule has 1 aromatic heterocycles. The largest absolute Gasteiger partial charge is 0.467 e. The fourth-order valence-corrected chi connectivity index (χ4v) is 3.41. The SMILES string of the molecule is O=C(COc1ncnc2ccccc12)NC[C@@H]1CCN(c2ccccc2)C1. The van der Waals surface area contributed by atoms with Gasteiger partial charge in [-0.15, -0.1) is 0 Å². The molecular formula is C21H22N4O2. The lowest BCUT2D eigenvalue weighted by Gasteiger charge is -2.18. The summed E-state index contributed by atoms with van der Waals surface area (Å²) in [5, 5.41) is 3.79. The molecule has 2 heterocycles. The summed E-state index contributed by atoms with van der Waals surface area (Å²) < 4.78 is 5.61. The Morgan fingerprint density at radius 2 is 1.93 bits per heavy atom. The van der Waals surface area contributed by atoms with Crippen LogP contribution in [0.5, 0.6) is 5.88 Å². The van der Waals surface area contributed by atoms with Gasteiger partial charge in [0.2, 0.25) is 5.88 Å². The Hall–Kier alpha value is -3.15. The summed E-state index contributed by atoms with van der Waals surface area (Å²) in [5.41, 5.74) is 2.04. The molecular weight excluding hydrogens is 340 g/mol. The van der Waals surface area contributed by atoms with E-state index < -0.39 is 0 Å². The topological polar surface area (TPSA) is 67.3 Å². The maximum absolute atomic E-state index is 12.2. The quantitative estimate of drug-likeness (QED) is 0.730. The van der Waals surface area contributed by atoms with Crippen LogP contribution in [0.4, 0.5) is 5.69 Å². The molecule has 0 spiro atoms. The summed E-state index contributed by atoms with van der Waals surface area (Å²) >= 11 is 0. The third kappa shape index (κ3) is 4.16. The van der Waals surface area contributed by atoms with Crippen LogP contribution >= 0.6 is 0 Å². The molecule has 0 saturated carbocycles. The number of anilines is 1. The molecule has 2 aromatic carbocycles. The van der Waals surface area contributed by atoms with Gasteiger partial charge in [-0.3, -0.25) is 4.79 Å². The summed E-state index contributed by atoms with van der Waals surface area (Å²) in [4.78, 5) is 22.9. The normalized spacial score (nSPS) is 16.4. The highest BCUT2D eigenvalue weighted by Gasteiger charge is 2.23. The molecule has 27 heavy (non-hydrogen) atoms. The number of nitrogens with one attached hydrogen (secondary N) is 1. The predicted molar refractivity (Wildman–Crippen MR) is 105 cm³/mol. The van der Waals surface area contributed by atoms with E-state index in [9.17, 15) is 4.79 Å². The zero-order valence-corrected chi connectivity index (χ0v) is 15.0. The van der Waals surface area contributed by atoms with Crippen LogP contribution in [0.25, 0.3) is 10.9 Å². The van der Waals surface area contributed by atoms with E-state index in [0.29, 0.717) is 18.3 Å². The Morgan fingerprint density at radius 1 is 1.11 bits per heavy atom. The second kappa shape index (κ2) is 8.03. The first-order valence-electron chi connectivity index (χ1n) is 9.19. The van der Waals surface area contributed by atoms with Gasteiger partial charge >= 0.3 is 0 Å². The molecule has 1 aliphatic rings. The molecule has 1 aliphatic heterocycles. The molecule has 1 amide bonds. The van der Waals surface area contributed by atoms with Crippen LogP contribution in [0.2, 0.25) is 0 Å². The first kappa shape index (κ1) is 17.3. The minimum atomic E-state index is -0.129. The highest BCUT2D eigenvalue weighted by molar-refractivity contribution is 5.84. The minimum absolute atomic E-state index is 0.0455. The highest BCUT2D eigenvalue weighted by Crippen LogP contribution is 2.23. The van der Waals surface area contributed by atoms with E-state index in [2.05, 4.69) is 44.5 Å². The summed E-state index contributed by atoms with van der Waals surface area (Å²) in [6.45, 7) is 2.60. The van der Waals surface area contributed by atoms with Crippen LogP contribution in [-0.2, 0) is 4.79 Å². The van der Waals surface area contributed by atoms with Gasteiger partial charge in [-0.2, -0.15) is 0 Å². The van der Waals surface area contributed by atoms with Crippen molar-refractivity contribution in [2.45, 2.75) is 6.42 Å². The number of ether oxygens (including phenoxy) is 1. The molecule has 4 rings (SSSR count). The van der Waals surface area contributed by atoms with Crippen LogP contribution < -0.4 is 15.0 Å². The Kier molecular flexibility index (Phi) is 5.14. The summed E-state index contributed by atoms with van der Waals surface area (Å²) in [6.07, 6.45) is 2.53. The van der Waals surface area contributed by atoms with Crippen LogP contribution in [0.3, 0.4) is 0 Å². The van der Waals surface area contributed by atoms with Crippen molar-refractivity contribution >= 4 is 22.5 Å². The fourth-order valence-electron chi connectivity index (χ4n) is 3.41. The van der Waals surface area contributed by atoms with Crippen LogP contribution in [0, 0.1) is 5.92 Å². The third-order valence-electron chi connectivity index (χ3n) is 4.84. The molecule has 3 aromatic rings. The second-order valence-electron chi connectivity index (χ2n) is 6.72. The van der Waals surface area contributed by atoms with Gasteiger partial charge in [0.15, 0.2) is 6.61 Å². The zero-order chi connectivity index (χ0) is 18.5. The van der Waals surface area contributed by atoms with Crippen LogP contribution in [-0.4, -0.2) is 42.1 Å². The van der Waals surface area contributed by atoms with Crippen molar-refractivity contribution in [1.29, 1.82) is 0 Å². The van der Waals surface area contributed by atoms with Crippen LogP contribution in [0.1, 0.15) is 6.42 Å². The monoisotopic (exact) mass is 362 g/mol. The summed E-state index contributed by atoms with van der Waals surface area (Å²) in [7, 11) is 0. The Labute approximate surface area is 158 Å². The van der Waals surface area contributed by atoms with Crippen molar-refractivity contribution in [2.24, 2.45) is 5.92 Å². The lowest BCUT2D eigenvalue weighted by Crippen LogP contribution is -2.34. The number of rotatable bonds is 6. The van der Waals surface area contributed by atoms with E-state index >= 15 is 0 Å². The van der Waals surface area contributed by atoms with Crippen molar-refractivity contribution < 1.29 is 9.53 Å². The van der Waals surface area contributed by atoms with E-state index in [4.69, 9.17) is 4.74 Å². The molecule has 1 N–H and O–H groups in total. The van der Waals surface area contributed by atoms with Crippen molar-refractivity contribution in [2.75, 3.05) is 31.1 Å². The molecule has 6 heteroatoms. The number of carbonyl (C=O) groups is 1. The summed E-state index contributed by atoms with van der Waals surface area (Å²) in [5.74, 6) is 0.761. The zero-order valence-electron chi connectivity index (χ0n) is 15.0. The van der Waals surface area contributed by atoms with Crippen molar-refractivity contribution in [3.63, 3.8) is 0 Å². The molecule has 0 radical (unpaired) electrons. The second-order valence-corrected chi connectivity index (χ2v) is 6.72. The van der Waals surface area contributed by atoms with Crippen molar-refractivity contribution in [1.82, 2.24) is 15.3 Å². The number of hydrogen-bond donors (Lipinski definition) is 1. The fraction of sp³-hybridized carbons (Fsp3) is 0.286. The lowest BCUT2D eigenvalue weighted by molar-refractivity contribution is -0.123. The number of fused-ring (bicyclic) bond motifs is 1. The average Bonchev–Trinajstić information content (AvgIpc) is 3.20. The Morgan fingerprint density at radius 3 is 2.81 bits per heavy atom. The van der Waals surface area contributed by atoms with Crippen molar-refractivity contribution in [3.8, 4) is 5.88 Å². The van der Waals surface area contributed by atoms with Gasteiger partial charge in [0.25, 0.3) is 5.91 Å². The summed E-state index contributed by atoms with van der Waals surface area (Å²) in [6, 6.07) is 18.0. The van der Waals surface area contributed by atoms with Gasteiger partial charge < -0.3 is 15.0 Å². The molecule has 0 aliphatic carbocycles. The average molecular weight is 362 g/mol. The van der Waals surface area contributed by atoms with Gasteiger partial charge in [0, 0.05) is 25.3 Å². The Bertz CT molecular complexity index is 911. The molecule has 138 valence electrons. The van der Waals surface area contributed by atoms with E-state index in [0.717, 1.165) is 30.4 Å². The van der Waals surface area contributed by atoms with Crippen molar-refractivity contribution in [3.05, 3.63) is 60.9 Å². The minimum Gasteiger partial charge on any atom is -0.467 e.